The SMILES string of the molecule is CCCC(C)NC1CCCCc2ccccc21. The Hall–Kier alpha value is -0.820. The first-order valence-corrected chi connectivity index (χ1v) is 7.15. The van der Waals surface area contributed by atoms with Gasteiger partial charge in [0.05, 0.1) is 0 Å². The topological polar surface area (TPSA) is 12.0 Å². The average Bonchev–Trinajstić information content (AvgIpc) is 2.53. The molecular formula is C16H25N. The Morgan fingerprint density at radius 1 is 1.29 bits per heavy atom. The second kappa shape index (κ2) is 6.20. The lowest BCUT2D eigenvalue weighted by Crippen LogP contribution is -2.30. The molecule has 2 atom stereocenters. The smallest absolute Gasteiger partial charge is 0.0325 e. The Balaban J connectivity index is 2.11. The van der Waals surface area contributed by atoms with Crippen LogP contribution in [-0.4, -0.2) is 6.04 Å². The van der Waals surface area contributed by atoms with Gasteiger partial charge >= 0.3 is 0 Å². The quantitative estimate of drug-likeness (QED) is 0.765. The van der Waals surface area contributed by atoms with E-state index in [1.54, 1.807) is 11.1 Å². The molecule has 2 rings (SSSR count). The molecule has 1 heteroatoms. The van der Waals surface area contributed by atoms with Crippen molar-refractivity contribution in [1.29, 1.82) is 0 Å². The van der Waals surface area contributed by atoms with Gasteiger partial charge in [0.15, 0.2) is 0 Å². The maximum absolute atomic E-state index is 3.82. The zero-order valence-corrected chi connectivity index (χ0v) is 11.2. The van der Waals surface area contributed by atoms with Gasteiger partial charge in [0, 0.05) is 12.1 Å². The fraction of sp³-hybridized carbons (Fsp3) is 0.625. The van der Waals surface area contributed by atoms with E-state index < -0.39 is 0 Å². The van der Waals surface area contributed by atoms with Gasteiger partial charge in [-0.3, -0.25) is 0 Å². The zero-order valence-electron chi connectivity index (χ0n) is 11.2. The summed E-state index contributed by atoms with van der Waals surface area (Å²) in [4.78, 5) is 0. The molecule has 0 spiro atoms. The van der Waals surface area contributed by atoms with Crippen LogP contribution in [0.2, 0.25) is 0 Å². The van der Waals surface area contributed by atoms with E-state index in [1.165, 1.54) is 38.5 Å². The third-order valence-corrected chi connectivity index (χ3v) is 3.83. The summed E-state index contributed by atoms with van der Waals surface area (Å²) < 4.78 is 0. The molecular weight excluding hydrogens is 206 g/mol. The molecule has 17 heavy (non-hydrogen) atoms. The lowest BCUT2D eigenvalue weighted by Gasteiger charge is -2.23. The largest absolute Gasteiger partial charge is 0.307 e. The van der Waals surface area contributed by atoms with Gasteiger partial charge in [0.25, 0.3) is 0 Å². The number of fused-ring (bicyclic) bond motifs is 1. The monoisotopic (exact) mass is 231 g/mol. The Morgan fingerprint density at radius 3 is 2.94 bits per heavy atom. The lowest BCUT2D eigenvalue weighted by molar-refractivity contribution is 0.411. The highest BCUT2D eigenvalue weighted by atomic mass is 14.9. The number of benzene rings is 1. The summed E-state index contributed by atoms with van der Waals surface area (Å²) in [7, 11) is 0. The summed E-state index contributed by atoms with van der Waals surface area (Å²) in [6.07, 6.45) is 7.80. The third-order valence-electron chi connectivity index (χ3n) is 3.83. The first kappa shape index (κ1) is 12.6. The molecule has 0 aliphatic heterocycles. The summed E-state index contributed by atoms with van der Waals surface area (Å²) in [5, 5.41) is 3.82. The van der Waals surface area contributed by atoms with E-state index in [0.717, 1.165) is 0 Å². The number of hydrogen-bond donors (Lipinski definition) is 1. The van der Waals surface area contributed by atoms with Crippen molar-refractivity contribution in [2.75, 3.05) is 0 Å². The fourth-order valence-corrected chi connectivity index (χ4v) is 2.95. The Morgan fingerprint density at radius 2 is 2.12 bits per heavy atom. The van der Waals surface area contributed by atoms with Crippen LogP contribution in [0.15, 0.2) is 24.3 Å². The van der Waals surface area contributed by atoms with Crippen molar-refractivity contribution in [3.05, 3.63) is 35.4 Å². The Kier molecular flexibility index (Phi) is 4.61. The number of hydrogen-bond acceptors (Lipinski definition) is 1. The predicted octanol–water partition coefficient (Wildman–Crippen LogP) is 4.23. The van der Waals surface area contributed by atoms with Crippen molar-refractivity contribution in [2.24, 2.45) is 0 Å². The van der Waals surface area contributed by atoms with Crippen LogP contribution in [0.25, 0.3) is 0 Å². The lowest BCUT2D eigenvalue weighted by atomic mass is 9.98. The molecule has 0 saturated carbocycles. The molecule has 2 unspecified atom stereocenters. The zero-order chi connectivity index (χ0) is 12.1. The van der Waals surface area contributed by atoms with Crippen LogP contribution in [0, 0.1) is 0 Å². The van der Waals surface area contributed by atoms with Gasteiger partial charge < -0.3 is 5.32 Å². The van der Waals surface area contributed by atoms with Gasteiger partial charge in [-0.25, -0.2) is 0 Å². The molecule has 0 fully saturated rings. The standard InChI is InChI=1S/C16H25N/c1-3-8-13(2)17-16-12-7-5-10-14-9-4-6-11-15(14)16/h4,6,9,11,13,16-17H,3,5,7-8,10,12H2,1-2H3. The van der Waals surface area contributed by atoms with Crippen LogP contribution >= 0.6 is 0 Å². The van der Waals surface area contributed by atoms with Crippen molar-refractivity contribution < 1.29 is 0 Å². The van der Waals surface area contributed by atoms with Crippen LogP contribution in [0.5, 0.6) is 0 Å². The third kappa shape index (κ3) is 3.32. The van der Waals surface area contributed by atoms with Crippen molar-refractivity contribution >= 4 is 0 Å². The molecule has 1 nitrogen and oxygen atoms in total. The normalized spacial score (nSPS) is 21.6. The highest BCUT2D eigenvalue weighted by molar-refractivity contribution is 5.31. The van der Waals surface area contributed by atoms with E-state index >= 15 is 0 Å². The average molecular weight is 231 g/mol. The molecule has 94 valence electrons. The molecule has 1 N–H and O–H groups in total. The second-order valence-corrected chi connectivity index (χ2v) is 5.35. The Bertz CT molecular complexity index is 345. The highest BCUT2D eigenvalue weighted by Gasteiger charge is 2.19. The highest BCUT2D eigenvalue weighted by Crippen LogP contribution is 2.29. The second-order valence-electron chi connectivity index (χ2n) is 5.35. The van der Waals surface area contributed by atoms with Gasteiger partial charge in [-0.2, -0.15) is 0 Å². The van der Waals surface area contributed by atoms with Crippen molar-refractivity contribution in [2.45, 2.75) is 64.5 Å². The predicted molar refractivity (Wildman–Crippen MR) is 74.2 cm³/mol. The van der Waals surface area contributed by atoms with Crippen LogP contribution in [0.1, 0.15) is 63.1 Å². The van der Waals surface area contributed by atoms with Crippen LogP contribution < -0.4 is 5.32 Å². The summed E-state index contributed by atoms with van der Waals surface area (Å²) in [6.45, 7) is 4.58. The molecule has 0 aromatic heterocycles. The van der Waals surface area contributed by atoms with Crippen LogP contribution in [0.4, 0.5) is 0 Å². The molecule has 0 radical (unpaired) electrons. The van der Waals surface area contributed by atoms with Crippen LogP contribution in [-0.2, 0) is 6.42 Å². The molecule has 0 amide bonds. The van der Waals surface area contributed by atoms with E-state index in [9.17, 15) is 0 Å². The molecule has 1 aromatic rings. The molecule has 0 heterocycles. The van der Waals surface area contributed by atoms with Gasteiger partial charge in [-0.1, -0.05) is 44.0 Å². The minimum Gasteiger partial charge on any atom is -0.307 e. The van der Waals surface area contributed by atoms with Crippen molar-refractivity contribution in [3.63, 3.8) is 0 Å². The maximum atomic E-state index is 3.82. The van der Waals surface area contributed by atoms with Gasteiger partial charge in [0.2, 0.25) is 0 Å². The van der Waals surface area contributed by atoms with E-state index in [4.69, 9.17) is 0 Å². The minimum absolute atomic E-state index is 0.579. The molecule has 1 aliphatic rings. The van der Waals surface area contributed by atoms with E-state index in [1.807, 2.05) is 0 Å². The van der Waals surface area contributed by atoms with Gasteiger partial charge in [-0.05, 0) is 43.7 Å². The first-order valence-electron chi connectivity index (χ1n) is 7.15. The maximum Gasteiger partial charge on any atom is 0.0325 e. The van der Waals surface area contributed by atoms with E-state index in [0.29, 0.717) is 12.1 Å². The van der Waals surface area contributed by atoms with Gasteiger partial charge in [-0.15, -0.1) is 0 Å². The summed E-state index contributed by atoms with van der Waals surface area (Å²) in [5.41, 5.74) is 3.11. The van der Waals surface area contributed by atoms with Crippen molar-refractivity contribution in [1.82, 2.24) is 5.32 Å². The summed E-state index contributed by atoms with van der Waals surface area (Å²) in [6, 6.07) is 10.2. The molecule has 1 aromatic carbocycles. The number of aryl methyl sites for hydroxylation is 1. The van der Waals surface area contributed by atoms with E-state index in [-0.39, 0.29) is 0 Å². The summed E-state index contributed by atoms with van der Waals surface area (Å²) in [5.74, 6) is 0. The number of nitrogens with one attached hydrogen (secondary N) is 1. The molecule has 0 saturated heterocycles. The van der Waals surface area contributed by atoms with Gasteiger partial charge in [0.1, 0.15) is 0 Å². The molecule has 1 aliphatic carbocycles. The Labute approximate surface area is 106 Å². The first-order chi connectivity index (χ1) is 8.31. The van der Waals surface area contributed by atoms with E-state index in [2.05, 4.69) is 43.4 Å². The minimum atomic E-state index is 0.579. The number of rotatable bonds is 4. The molecule has 0 bridgehead atoms. The van der Waals surface area contributed by atoms with Crippen molar-refractivity contribution in [3.8, 4) is 0 Å². The summed E-state index contributed by atoms with van der Waals surface area (Å²) >= 11 is 0. The van der Waals surface area contributed by atoms with Crippen LogP contribution in [0.3, 0.4) is 0 Å². The fourth-order valence-electron chi connectivity index (χ4n) is 2.95.